The summed E-state index contributed by atoms with van der Waals surface area (Å²) in [5, 5.41) is 11.3. The van der Waals surface area contributed by atoms with Gasteiger partial charge in [0.2, 0.25) is 12.0 Å². The second-order valence-corrected chi connectivity index (χ2v) is 7.87. The van der Waals surface area contributed by atoms with Crippen molar-refractivity contribution in [2.24, 2.45) is 0 Å². The Bertz CT molecular complexity index is 1050. The van der Waals surface area contributed by atoms with Crippen LogP contribution in [0, 0.1) is 0 Å². The maximum absolute atomic E-state index is 12.3. The molecule has 0 saturated heterocycles. The van der Waals surface area contributed by atoms with Crippen LogP contribution in [0.5, 0.6) is 11.5 Å². The van der Waals surface area contributed by atoms with E-state index in [0.29, 0.717) is 29.2 Å². The first-order chi connectivity index (χ1) is 14.2. The second kappa shape index (κ2) is 7.79. The SMILES string of the molecule is O=C(CSc1nnc([C@H]2COc3ccccc3O2)o1)Nc1ccc2c(c1)CCC2. The van der Waals surface area contributed by atoms with Gasteiger partial charge in [-0.15, -0.1) is 10.2 Å². The van der Waals surface area contributed by atoms with E-state index in [1.165, 1.54) is 29.3 Å². The smallest absolute Gasteiger partial charge is 0.277 e. The largest absolute Gasteiger partial charge is 0.485 e. The lowest BCUT2D eigenvalue weighted by molar-refractivity contribution is -0.113. The Morgan fingerprint density at radius 1 is 1.10 bits per heavy atom. The highest BCUT2D eigenvalue weighted by molar-refractivity contribution is 7.99. The zero-order chi connectivity index (χ0) is 19.6. The molecule has 0 saturated carbocycles. The predicted octanol–water partition coefficient (Wildman–Crippen LogP) is 3.80. The van der Waals surface area contributed by atoms with Crippen LogP contribution >= 0.6 is 11.8 Å². The predicted molar refractivity (Wildman–Crippen MR) is 107 cm³/mol. The highest BCUT2D eigenvalue weighted by Crippen LogP contribution is 2.36. The van der Waals surface area contributed by atoms with Gasteiger partial charge in [0.15, 0.2) is 11.5 Å². The summed E-state index contributed by atoms with van der Waals surface area (Å²) < 4.78 is 17.2. The highest BCUT2D eigenvalue weighted by atomic mass is 32.2. The van der Waals surface area contributed by atoms with Gasteiger partial charge in [0.1, 0.15) is 6.61 Å². The number of aromatic nitrogens is 2. The first-order valence-electron chi connectivity index (χ1n) is 9.51. The average Bonchev–Trinajstić information content (AvgIpc) is 3.41. The number of ether oxygens (including phenoxy) is 2. The molecule has 5 rings (SSSR count). The number of nitrogens with zero attached hydrogens (tertiary/aromatic N) is 2. The summed E-state index contributed by atoms with van der Waals surface area (Å²) in [5.74, 6) is 1.75. The Morgan fingerprint density at radius 3 is 2.90 bits per heavy atom. The Hall–Kier alpha value is -3.00. The molecule has 1 atom stereocenters. The second-order valence-electron chi connectivity index (χ2n) is 6.94. The van der Waals surface area contributed by atoms with E-state index >= 15 is 0 Å². The van der Waals surface area contributed by atoms with Gasteiger partial charge in [0.25, 0.3) is 11.1 Å². The lowest BCUT2D eigenvalue weighted by atomic mass is 10.1. The minimum Gasteiger partial charge on any atom is -0.485 e. The number of benzene rings is 2. The summed E-state index contributed by atoms with van der Waals surface area (Å²) in [4.78, 5) is 12.3. The van der Waals surface area contributed by atoms with Crippen LogP contribution in [0.25, 0.3) is 0 Å². The van der Waals surface area contributed by atoms with E-state index in [0.717, 1.165) is 18.5 Å². The number of aryl methyl sites for hydroxylation is 2. The van der Waals surface area contributed by atoms with Crippen molar-refractivity contribution in [3.63, 3.8) is 0 Å². The van der Waals surface area contributed by atoms with Gasteiger partial charge in [-0.3, -0.25) is 4.79 Å². The molecule has 0 fully saturated rings. The number of para-hydroxylation sites is 2. The number of hydrogen-bond donors (Lipinski definition) is 1. The average molecular weight is 409 g/mol. The normalized spacial score (nSPS) is 17.0. The first-order valence-corrected chi connectivity index (χ1v) is 10.5. The number of nitrogens with one attached hydrogen (secondary N) is 1. The molecular weight excluding hydrogens is 390 g/mol. The summed E-state index contributed by atoms with van der Waals surface area (Å²) in [6.45, 7) is 0.294. The van der Waals surface area contributed by atoms with Crippen molar-refractivity contribution >= 4 is 23.4 Å². The lowest BCUT2D eigenvalue weighted by Gasteiger charge is -2.23. The van der Waals surface area contributed by atoms with Gasteiger partial charge in [0.05, 0.1) is 5.75 Å². The van der Waals surface area contributed by atoms with Crippen LogP contribution in [0.15, 0.2) is 52.1 Å². The van der Waals surface area contributed by atoms with Crippen LogP contribution in [0.3, 0.4) is 0 Å². The number of fused-ring (bicyclic) bond motifs is 2. The van der Waals surface area contributed by atoms with Crippen molar-refractivity contribution in [1.29, 1.82) is 0 Å². The number of rotatable bonds is 5. The summed E-state index contributed by atoms with van der Waals surface area (Å²) in [6, 6.07) is 13.6. The number of amides is 1. The fraction of sp³-hybridized carbons (Fsp3) is 0.286. The van der Waals surface area contributed by atoms with E-state index in [-0.39, 0.29) is 11.7 Å². The van der Waals surface area contributed by atoms with E-state index in [2.05, 4.69) is 27.6 Å². The van der Waals surface area contributed by atoms with Gasteiger partial charge < -0.3 is 19.2 Å². The number of thioether (sulfide) groups is 1. The van der Waals surface area contributed by atoms with Crippen LogP contribution in [-0.2, 0) is 17.6 Å². The van der Waals surface area contributed by atoms with Crippen LogP contribution < -0.4 is 14.8 Å². The van der Waals surface area contributed by atoms with Crippen molar-refractivity contribution in [2.75, 3.05) is 17.7 Å². The maximum atomic E-state index is 12.3. The molecule has 0 unspecified atom stereocenters. The minimum atomic E-state index is -0.466. The van der Waals surface area contributed by atoms with Crippen LogP contribution in [0.4, 0.5) is 5.69 Å². The molecule has 1 aliphatic heterocycles. The van der Waals surface area contributed by atoms with Gasteiger partial charge in [0, 0.05) is 5.69 Å². The molecule has 29 heavy (non-hydrogen) atoms. The van der Waals surface area contributed by atoms with Crippen molar-refractivity contribution in [1.82, 2.24) is 10.2 Å². The molecule has 2 aliphatic rings. The molecule has 0 radical (unpaired) electrons. The van der Waals surface area contributed by atoms with Gasteiger partial charge >= 0.3 is 0 Å². The molecule has 1 aliphatic carbocycles. The fourth-order valence-electron chi connectivity index (χ4n) is 3.52. The van der Waals surface area contributed by atoms with Crippen LogP contribution in [-0.4, -0.2) is 28.5 Å². The molecule has 8 heteroatoms. The topological polar surface area (TPSA) is 86.5 Å². The molecular formula is C21H19N3O4S. The summed E-state index contributed by atoms with van der Waals surface area (Å²) >= 11 is 1.19. The number of hydrogen-bond acceptors (Lipinski definition) is 7. The van der Waals surface area contributed by atoms with Gasteiger partial charge in [-0.25, -0.2) is 0 Å². The van der Waals surface area contributed by atoms with E-state index < -0.39 is 6.10 Å². The fourth-order valence-corrected chi connectivity index (χ4v) is 4.09. The maximum Gasteiger partial charge on any atom is 0.277 e. The molecule has 1 amide bonds. The molecule has 148 valence electrons. The van der Waals surface area contributed by atoms with E-state index in [1.807, 2.05) is 30.3 Å². The molecule has 1 aromatic heterocycles. The Morgan fingerprint density at radius 2 is 1.97 bits per heavy atom. The summed E-state index contributed by atoms with van der Waals surface area (Å²) in [5.41, 5.74) is 3.54. The third-order valence-corrected chi connectivity index (χ3v) is 5.73. The van der Waals surface area contributed by atoms with Crippen LogP contribution in [0.2, 0.25) is 0 Å². The number of carbonyl (C=O) groups excluding carboxylic acids is 1. The van der Waals surface area contributed by atoms with Gasteiger partial charge in [-0.05, 0) is 54.7 Å². The molecule has 3 aromatic rings. The molecule has 0 spiro atoms. The molecule has 2 aromatic carbocycles. The van der Waals surface area contributed by atoms with Crippen molar-refractivity contribution in [3.8, 4) is 11.5 Å². The van der Waals surface area contributed by atoms with E-state index in [1.54, 1.807) is 0 Å². The van der Waals surface area contributed by atoms with Crippen molar-refractivity contribution in [3.05, 3.63) is 59.5 Å². The van der Waals surface area contributed by atoms with Crippen LogP contribution in [0.1, 0.15) is 29.5 Å². The molecule has 2 heterocycles. The third kappa shape index (κ3) is 3.93. The summed E-state index contributed by atoms with van der Waals surface area (Å²) in [6.07, 6.45) is 2.92. The molecule has 1 N–H and O–H groups in total. The van der Waals surface area contributed by atoms with E-state index in [4.69, 9.17) is 13.9 Å². The van der Waals surface area contributed by atoms with Gasteiger partial charge in [-0.2, -0.15) is 0 Å². The van der Waals surface area contributed by atoms with Gasteiger partial charge in [-0.1, -0.05) is 30.0 Å². The molecule has 0 bridgehead atoms. The first kappa shape index (κ1) is 18.1. The zero-order valence-corrected chi connectivity index (χ0v) is 16.4. The quantitative estimate of drug-likeness (QED) is 0.642. The lowest BCUT2D eigenvalue weighted by Crippen LogP contribution is -2.21. The molecule has 7 nitrogen and oxygen atoms in total. The van der Waals surface area contributed by atoms with E-state index in [9.17, 15) is 4.79 Å². The van der Waals surface area contributed by atoms with Crippen molar-refractivity contribution < 1.29 is 18.7 Å². The standard InChI is InChI=1S/C21H19N3O4S/c25-19(22-15-9-8-13-4-3-5-14(13)10-15)12-29-21-24-23-20(28-21)18-11-26-16-6-1-2-7-17(16)27-18/h1-2,6-10,18H,3-5,11-12H2,(H,22,25)/t18-/m1/s1. The van der Waals surface area contributed by atoms with Crippen molar-refractivity contribution in [2.45, 2.75) is 30.6 Å². The number of carbonyl (C=O) groups is 1. The monoisotopic (exact) mass is 409 g/mol. The summed E-state index contributed by atoms with van der Waals surface area (Å²) in [7, 11) is 0. The Kier molecular flexibility index (Phi) is 4.85. The Labute approximate surface area is 171 Å². The third-order valence-electron chi connectivity index (χ3n) is 4.92. The minimum absolute atomic E-state index is 0.112. The highest BCUT2D eigenvalue weighted by Gasteiger charge is 2.27. The number of anilines is 1. The zero-order valence-electron chi connectivity index (χ0n) is 15.6. The Balaban J connectivity index is 1.16.